The molecule has 0 heterocycles. The molecule has 8 heteroatoms. The maximum Gasteiger partial charge on any atom is 0.340 e. The number of rotatable bonds is 5. The van der Waals surface area contributed by atoms with E-state index in [1.807, 2.05) is 0 Å². The van der Waals surface area contributed by atoms with Crippen molar-refractivity contribution in [1.82, 2.24) is 0 Å². The first-order valence-electron chi connectivity index (χ1n) is 7.19. The summed E-state index contributed by atoms with van der Waals surface area (Å²) in [6.45, 7) is 1.31. The molecule has 5 nitrogen and oxygen atoms in total. The molecule has 0 aliphatic carbocycles. The molecule has 1 amide bonds. The molecule has 0 saturated carbocycles. The number of hydrogen-bond acceptors (Lipinski definition) is 4. The number of nitrogens with one attached hydrogen (secondary N) is 1. The summed E-state index contributed by atoms with van der Waals surface area (Å²) in [5.41, 5.74) is -0.152. The van der Waals surface area contributed by atoms with E-state index in [9.17, 15) is 22.6 Å². The van der Waals surface area contributed by atoms with Gasteiger partial charge in [0, 0.05) is 12.3 Å². The van der Waals surface area contributed by atoms with Gasteiger partial charge in [0.2, 0.25) is 0 Å². The van der Waals surface area contributed by atoms with Gasteiger partial charge in [0.15, 0.2) is 6.10 Å². The van der Waals surface area contributed by atoms with E-state index in [0.717, 1.165) is 12.1 Å². The molecule has 2 aromatic carbocycles. The van der Waals surface area contributed by atoms with E-state index < -0.39 is 40.4 Å². The van der Waals surface area contributed by atoms with Crippen molar-refractivity contribution < 1.29 is 27.3 Å². The summed E-state index contributed by atoms with van der Waals surface area (Å²) in [6.07, 6.45) is 0.176. The molecule has 25 heavy (non-hydrogen) atoms. The molecule has 2 rings (SSSR count). The van der Waals surface area contributed by atoms with Gasteiger partial charge in [-0.1, -0.05) is 12.1 Å². The van der Waals surface area contributed by atoms with Crippen molar-refractivity contribution in [2.45, 2.75) is 17.9 Å². The number of carbonyl (C=O) groups excluding carboxylic acids is 2. The molecule has 0 saturated heterocycles. The fourth-order valence-corrected chi connectivity index (χ4v) is 2.72. The van der Waals surface area contributed by atoms with Gasteiger partial charge in [-0.25, -0.2) is 13.6 Å². The Labute approximate surface area is 145 Å². The Hall–Kier alpha value is -2.61. The van der Waals surface area contributed by atoms with Crippen molar-refractivity contribution >= 4 is 28.4 Å². The Morgan fingerprint density at radius 3 is 2.48 bits per heavy atom. The van der Waals surface area contributed by atoms with Gasteiger partial charge in [-0.3, -0.25) is 9.00 Å². The number of esters is 1. The highest BCUT2D eigenvalue weighted by Crippen LogP contribution is 2.17. The fourth-order valence-electron chi connectivity index (χ4n) is 1.99. The second kappa shape index (κ2) is 7.98. The minimum Gasteiger partial charge on any atom is -0.449 e. The number of halogens is 2. The lowest BCUT2D eigenvalue weighted by Crippen LogP contribution is -2.30. The Balaban J connectivity index is 2.08. The molecular weight excluding hydrogens is 352 g/mol. The normalized spacial score (nSPS) is 13.0. The van der Waals surface area contributed by atoms with Gasteiger partial charge in [-0.05, 0) is 31.2 Å². The molecule has 0 aromatic heterocycles. The standard InChI is InChI=1S/C17H15F2NO4S/c1-10(16(21)20-14-8-7-11(18)9-13(14)19)24-17(22)12-5-3-4-6-15(12)25(2)23/h3-10H,1-2H3,(H,20,21)/t10-,25+/m1/s1. The fraction of sp³-hybridized carbons (Fsp3) is 0.176. The quantitative estimate of drug-likeness (QED) is 0.825. The lowest BCUT2D eigenvalue weighted by atomic mass is 10.2. The zero-order valence-corrected chi connectivity index (χ0v) is 14.2. The highest BCUT2D eigenvalue weighted by molar-refractivity contribution is 7.84. The Kier molecular flexibility index (Phi) is 5.97. The van der Waals surface area contributed by atoms with Gasteiger partial charge < -0.3 is 10.1 Å². The van der Waals surface area contributed by atoms with E-state index in [-0.39, 0.29) is 16.1 Å². The second-order valence-corrected chi connectivity index (χ2v) is 6.46. The molecule has 132 valence electrons. The van der Waals surface area contributed by atoms with Crippen LogP contribution in [-0.2, 0) is 20.3 Å². The van der Waals surface area contributed by atoms with Gasteiger partial charge in [-0.2, -0.15) is 0 Å². The van der Waals surface area contributed by atoms with Gasteiger partial charge in [0.05, 0.1) is 26.9 Å². The lowest BCUT2D eigenvalue weighted by Gasteiger charge is -2.15. The monoisotopic (exact) mass is 367 g/mol. The van der Waals surface area contributed by atoms with Crippen molar-refractivity contribution in [1.29, 1.82) is 0 Å². The van der Waals surface area contributed by atoms with Crippen LogP contribution in [0, 0.1) is 11.6 Å². The molecule has 0 fully saturated rings. The number of carbonyl (C=O) groups is 2. The maximum atomic E-state index is 13.5. The highest BCUT2D eigenvalue weighted by Gasteiger charge is 2.22. The number of ether oxygens (including phenoxy) is 1. The third-order valence-corrected chi connectivity index (χ3v) is 4.23. The number of hydrogen-bond donors (Lipinski definition) is 1. The zero-order chi connectivity index (χ0) is 18.6. The maximum absolute atomic E-state index is 13.5. The third-order valence-electron chi connectivity index (χ3n) is 3.26. The van der Waals surface area contributed by atoms with Crippen molar-refractivity contribution in [2.75, 3.05) is 11.6 Å². The van der Waals surface area contributed by atoms with Crippen LogP contribution in [0.2, 0.25) is 0 Å². The van der Waals surface area contributed by atoms with E-state index in [0.29, 0.717) is 6.07 Å². The molecule has 2 aromatic rings. The minimum absolute atomic E-state index is 0.0796. The average Bonchev–Trinajstić information content (AvgIpc) is 2.57. The van der Waals surface area contributed by atoms with Crippen LogP contribution in [0.1, 0.15) is 17.3 Å². The van der Waals surface area contributed by atoms with Gasteiger partial charge in [0.25, 0.3) is 5.91 Å². The molecule has 0 aliphatic rings. The SMILES string of the molecule is C[C@@H](OC(=O)c1ccccc1[S@](C)=O)C(=O)Nc1ccc(F)cc1F. The van der Waals surface area contributed by atoms with Crippen LogP contribution in [0.3, 0.4) is 0 Å². The van der Waals surface area contributed by atoms with E-state index in [1.54, 1.807) is 12.1 Å². The van der Waals surface area contributed by atoms with Gasteiger partial charge in [-0.15, -0.1) is 0 Å². The molecule has 0 spiro atoms. The largest absolute Gasteiger partial charge is 0.449 e. The molecule has 2 atom stereocenters. The summed E-state index contributed by atoms with van der Waals surface area (Å²) in [6, 6.07) is 8.83. The van der Waals surface area contributed by atoms with Crippen LogP contribution in [-0.4, -0.2) is 28.4 Å². The number of anilines is 1. The summed E-state index contributed by atoms with van der Waals surface area (Å²) < 4.78 is 43.1. The summed E-state index contributed by atoms with van der Waals surface area (Å²) >= 11 is 0. The predicted octanol–water partition coefficient (Wildman–Crippen LogP) is 2.89. The van der Waals surface area contributed by atoms with Gasteiger partial charge in [0.1, 0.15) is 11.6 Å². The second-order valence-electron chi connectivity index (χ2n) is 5.11. The minimum atomic E-state index is -1.41. The zero-order valence-electron chi connectivity index (χ0n) is 13.4. The first-order chi connectivity index (χ1) is 11.8. The van der Waals surface area contributed by atoms with Crippen LogP contribution in [0.4, 0.5) is 14.5 Å². The van der Waals surface area contributed by atoms with E-state index in [1.165, 1.54) is 25.3 Å². The van der Waals surface area contributed by atoms with Crippen LogP contribution in [0.25, 0.3) is 0 Å². The van der Waals surface area contributed by atoms with Gasteiger partial charge >= 0.3 is 5.97 Å². The molecular formula is C17H15F2NO4S. The summed E-state index contributed by atoms with van der Waals surface area (Å²) in [5, 5.41) is 2.21. The van der Waals surface area contributed by atoms with Crippen molar-refractivity contribution in [3.05, 3.63) is 59.7 Å². The van der Waals surface area contributed by atoms with E-state index in [4.69, 9.17) is 4.74 Å². The predicted molar refractivity (Wildman–Crippen MR) is 88.6 cm³/mol. The Morgan fingerprint density at radius 2 is 1.84 bits per heavy atom. The van der Waals surface area contributed by atoms with Crippen molar-refractivity contribution in [3.63, 3.8) is 0 Å². The topological polar surface area (TPSA) is 72.5 Å². The lowest BCUT2D eigenvalue weighted by molar-refractivity contribution is -0.123. The van der Waals surface area contributed by atoms with Crippen LogP contribution >= 0.6 is 0 Å². The molecule has 1 N–H and O–H groups in total. The van der Waals surface area contributed by atoms with Crippen molar-refractivity contribution in [2.24, 2.45) is 0 Å². The number of amides is 1. The Bertz CT molecular complexity index is 841. The summed E-state index contributed by atoms with van der Waals surface area (Å²) in [7, 11) is -1.41. The summed E-state index contributed by atoms with van der Waals surface area (Å²) in [5.74, 6) is -3.33. The molecule has 0 bridgehead atoms. The summed E-state index contributed by atoms with van der Waals surface area (Å²) in [4.78, 5) is 24.5. The third kappa shape index (κ3) is 4.69. The molecule has 0 aliphatic heterocycles. The first-order valence-corrected chi connectivity index (χ1v) is 8.74. The van der Waals surface area contributed by atoms with Crippen LogP contribution in [0.5, 0.6) is 0 Å². The number of benzene rings is 2. The average molecular weight is 367 g/mol. The first kappa shape index (κ1) is 18.7. The van der Waals surface area contributed by atoms with Crippen molar-refractivity contribution in [3.8, 4) is 0 Å². The highest BCUT2D eigenvalue weighted by atomic mass is 32.2. The van der Waals surface area contributed by atoms with Crippen LogP contribution < -0.4 is 5.32 Å². The van der Waals surface area contributed by atoms with E-state index >= 15 is 0 Å². The molecule has 0 radical (unpaired) electrons. The smallest absolute Gasteiger partial charge is 0.340 e. The van der Waals surface area contributed by atoms with E-state index in [2.05, 4.69) is 5.32 Å². The Morgan fingerprint density at radius 1 is 1.16 bits per heavy atom. The van der Waals surface area contributed by atoms with Crippen LogP contribution in [0.15, 0.2) is 47.4 Å². The molecule has 0 unspecified atom stereocenters.